The predicted molar refractivity (Wildman–Crippen MR) is 123 cm³/mol. The van der Waals surface area contributed by atoms with Gasteiger partial charge in [-0.3, -0.25) is 9.59 Å². The molecule has 0 saturated heterocycles. The summed E-state index contributed by atoms with van der Waals surface area (Å²) in [4.78, 5) is 30.9. The lowest BCUT2D eigenvalue weighted by atomic mass is 9.87. The highest BCUT2D eigenvalue weighted by atomic mass is 35.5. The number of halogens is 1. The molecule has 168 valence electrons. The van der Waals surface area contributed by atoms with Crippen LogP contribution in [0.25, 0.3) is 10.9 Å². The first kappa shape index (κ1) is 22.0. The molecular formula is C24H26ClN3O4. The number of para-hydroxylation sites is 1. The Morgan fingerprint density at radius 3 is 2.66 bits per heavy atom. The number of aromatic amines is 1. The molecule has 0 aliphatic carbocycles. The number of carbonyl (C=O) groups excluding carboxylic acids is 2. The van der Waals surface area contributed by atoms with E-state index in [-0.39, 0.29) is 24.5 Å². The second-order valence-electron chi connectivity index (χ2n) is 7.35. The molecule has 0 radical (unpaired) electrons. The van der Waals surface area contributed by atoms with Gasteiger partial charge in [-0.05, 0) is 29.3 Å². The van der Waals surface area contributed by atoms with Crippen LogP contribution < -0.4 is 14.8 Å². The van der Waals surface area contributed by atoms with Gasteiger partial charge in [-0.1, -0.05) is 38.1 Å². The molecule has 2 amide bonds. The van der Waals surface area contributed by atoms with Gasteiger partial charge in [0.05, 0.1) is 6.04 Å². The zero-order chi connectivity index (χ0) is 22.8. The van der Waals surface area contributed by atoms with Crippen molar-refractivity contribution >= 4 is 34.3 Å². The fourth-order valence-corrected chi connectivity index (χ4v) is 4.61. The number of carbonyl (C=O) groups is 2. The van der Waals surface area contributed by atoms with Crippen molar-refractivity contribution in [2.45, 2.75) is 32.4 Å². The molecule has 1 unspecified atom stereocenters. The van der Waals surface area contributed by atoms with Crippen LogP contribution in [-0.2, 0) is 16.0 Å². The smallest absolute Gasteiger partial charge is 0.242 e. The normalized spacial score (nSPS) is 18.6. The third-order valence-electron chi connectivity index (χ3n) is 5.80. The number of likely N-dealkylation sites (N-methyl/N-ethyl adjacent to an activating group) is 1. The number of ether oxygens (including phenoxy) is 2. The lowest BCUT2D eigenvalue weighted by Crippen LogP contribution is -2.54. The van der Waals surface area contributed by atoms with Crippen LogP contribution in [0, 0.1) is 0 Å². The average molecular weight is 456 g/mol. The lowest BCUT2D eigenvalue weighted by Gasteiger charge is -2.41. The van der Waals surface area contributed by atoms with Gasteiger partial charge in [0.15, 0.2) is 11.5 Å². The Hall–Kier alpha value is -3.19. The summed E-state index contributed by atoms with van der Waals surface area (Å²) < 4.78 is 11.0. The van der Waals surface area contributed by atoms with E-state index in [1.807, 2.05) is 56.3 Å². The fourth-order valence-electron chi connectivity index (χ4n) is 4.47. The summed E-state index contributed by atoms with van der Waals surface area (Å²) >= 11 is 5.97. The monoisotopic (exact) mass is 455 g/mol. The molecule has 2 aliphatic rings. The van der Waals surface area contributed by atoms with Gasteiger partial charge in [-0.2, -0.15) is 0 Å². The van der Waals surface area contributed by atoms with Crippen LogP contribution in [0.4, 0.5) is 0 Å². The molecule has 32 heavy (non-hydrogen) atoms. The van der Waals surface area contributed by atoms with Crippen molar-refractivity contribution in [1.82, 2.24) is 15.2 Å². The first-order valence-corrected chi connectivity index (χ1v) is 11.2. The van der Waals surface area contributed by atoms with Gasteiger partial charge in [0.25, 0.3) is 0 Å². The highest BCUT2D eigenvalue weighted by Gasteiger charge is 2.43. The molecule has 7 nitrogen and oxygen atoms in total. The van der Waals surface area contributed by atoms with Gasteiger partial charge in [-0.25, -0.2) is 0 Å². The van der Waals surface area contributed by atoms with Crippen molar-refractivity contribution < 1.29 is 19.1 Å². The third kappa shape index (κ3) is 3.56. The summed E-state index contributed by atoms with van der Waals surface area (Å²) in [6.45, 7) is 4.16. The number of nitrogens with one attached hydrogen (secondary N) is 2. The molecule has 2 aromatic carbocycles. The highest BCUT2D eigenvalue weighted by Crippen LogP contribution is 2.43. The van der Waals surface area contributed by atoms with Crippen molar-refractivity contribution in [2.75, 3.05) is 19.7 Å². The fraction of sp³-hybridized carbons (Fsp3) is 0.333. The lowest BCUT2D eigenvalue weighted by molar-refractivity contribution is -0.141. The minimum absolute atomic E-state index is 0.159. The van der Waals surface area contributed by atoms with Crippen LogP contribution in [0.1, 0.15) is 36.7 Å². The molecule has 0 saturated carbocycles. The second kappa shape index (κ2) is 9.12. The molecule has 1 aromatic heterocycles. The maximum atomic E-state index is 13.0. The summed E-state index contributed by atoms with van der Waals surface area (Å²) in [7, 11) is 1.58. The number of benzene rings is 2. The van der Waals surface area contributed by atoms with E-state index in [0.717, 1.165) is 27.7 Å². The predicted octanol–water partition coefficient (Wildman–Crippen LogP) is 3.75. The zero-order valence-corrected chi connectivity index (χ0v) is 19.0. The van der Waals surface area contributed by atoms with Crippen LogP contribution >= 0.6 is 11.6 Å². The molecule has 0 bridgehead atoms. The Bertz CT molecular complexity index is 1160. The SMILES string of the molecule is CC.CNC(=O)[C@H]1Cc2c([nH]c3ccccc23)C(c2ccc3c(c2)OCO3)N1C(=O)CCl. The Morgan fingerprint density at radius 2 is 1.91 bits per heavy atom. The molecule has 2 N–H and O–H groups in total. The summed E-state index contributed by atoms with van der Waals surface area (Å²) in [6, 6.07) is 12.3. The van der Waals surface area contributed by atoms with E-state index in [1.54, 1.807) is 11.9 Å². The first-order valence-electron chi connectivity index (χ1n) is 10.7. The largest absolute Gasteiger partial charge is 0.454 e. The van der Waals surface area contributed by atoms with E-state index in [4.69, 9.17) is 21.1 Å². The number of rotatable bonds is 3. The number of nitrogens with zero attached hydrogens (tertiary/aromatic N) is 1. The highest BCUT2D eigenvalue weighted by molar-refractivity contribution is 6.27. The quantitative estimate of drug-likeness (QED) is 0.589. The van der Waals surface area contributed by atoms with Crippen LogP contribution in [0.15, 0.2) is 42.5 Å². The average Bonchev–Trinajstić information content (AvgIpc) is 3.47. The molecule has 2 aliphatic heterocycles. The number of amides is 2. The molecule has 0 spiro atoms. The topological polar surface area (TPSA) is 83.7 Å². The van der Waals surface area contributed by atoms with E-state index in [0.29, 0.717) is 17.9 Å². The number of hydrogen-bond donors (Lipinski definition) is 2. The maximum absolute atomic E-state index is 13.0. The Kier molecular flexibility index (Phi) is 6.28. The number of hydrogen-bond acceptors (Lipinski definition) is 4. The summed E-state index contributed by atoms with van der Waals surface area (Å²) in [5.74, 6) is 0.520. The zero-order valence-electron chi connectivity index (χ0n) is 18.3. The van der Waals surface area contributed by atoms with E-state index in [9.17, 15) is 9.59 Å². The van der Waals surface area contributed by atoms with Crippen LogP contribution in [0.5, 0.6) is 11.5 Å². The Balaban J connectivity index is 0.00000119. The van der Waals surface area contributed by atoms with E-state index in [1.165, 1.54) is 0 Å². The molecule has 8 heteroatoms. The maximum Gasteiger partial charge on any atom is 0.242 e. The van der Waals surface area contributed by atoms with Gasteiger partial charge in [0.2, 0.25) is 18.6 Å². The van der Waals surface area contributed by atoms with Gasteiger partial charge < -0.3 is 24.7 Å². The molecular weight excluding hydrogens is 430 g/mol. The van der Waals surface area contributed by atoms with Crippen molar-refractivity contribution in [1.29, 1.82) is 0 Å². The van der Waals surface area contributed by atoms with Crippen LogP contribution in [0.3, 0.4) is 0 Å². The summed E-state index contributed by atoms with van der Waals surface area (Å²) in [6.07, 6.45) is 0.405. The van der Waals surface area contributed by atoms with Gasteiger partial charge in [0.1, 0.15) is 11.9 Å². The van der Waals surface area contributed by atoms with Gasteiger partial charge >= 0.3 is 0 Å². The van der Waals surface area contributed by atoms with Gasteiger partial charge in [0, 0.05) is 30.1 Å². The van der Waals surface area contributed by atoms with Crippen molar-refractivity contribution in [3.63, 3.8) is 0 Å². The summed E-state index contributed by atoms with van der Waals surface area (Å²) in [5.41, 5.74) is 3.69. The van der Waals surface area contributed by atoms with E-state index >= 15 is 0 Å². The molecule has 3 aromatic rings. The first-order chi connectivity index (χ1) is 15.6. The number of fused-ring (bicyclic) bond motifs is 4. The van der Waals surface area contributed by atoms with Crippen LogP contribution in [0.2, 0.25) is 0 Å². The van der Waals surface area contributed by atoms with Crippen LogP contribution in [-0.4, -0.2) is 47.5 Å². The number of aromatic nitrogens is 1. The molecule has 5 rings (SSSR count). The van der Waals surface area contributed by atoms with Crippen molar-refractivity contribution in [2.24, 2.45) is 0 Å². The standard InChI is InChI=1S/C22H20ClN3O4.C2H6/c1-24-22(28)16-9-14-13-4-2-3-5-15(13)25-20(14)21(26(16)19(27)10-23)12-6-7-17-18(8-12)30-11-29-17;1-2/h2-8,16,21,25H,9-11H2,1H3,(H,24,28);1-2H3/t16-,21?;/m1./s1. The Labute approximate surface area is 191 Å². The second-order valence-corrected chi connectivity index (χ2v) is 7.61. The summed E-state index contributed by atoms with van der Waals surface area (Å²) in [5, 5.41) is 3.74. The van der Waals surface area contributed by atoms with E-state index < -0.39 is 12.1 Å². The van der Waals surface area contributed by atoms with Crippen molar-refractivity contribution in [3.05, 3.63) is 59.3 Å². The Morgan fingerprint density at radius 1 is 1.16 bits per heavy atom. The molecule has 0 fully saturated rings. The molecule has 2 atom stereocenters. The minimum Gasteiger partial charge on any atom is -0.454 e. The van der Waals surface area contributed by atoms with E-state index in [2.05, 4.69) is 10.3 Å². The minimum atomic E-state index is -0.677. The third-order valence-corrected chi connectivity index (χ3v) is 6.02. The molecule has 3 heterocycles. The number of alkyl halides is 1. The number of H-pyrrole nitrogens is 1. The van der Waals surface area contributed by atoms with Gasteiger partial charge in [-0.15, -0.1) is 11.6 Å². The van der Waals surface area contributed by atoms with Crippen molar-refractivity contribution in [3.8, 4) is 11.5 Å².